The molecule has 0 aliphatic heterocycles. The van der Waals surface area contributed by atoms with Crippen molar-refractivity contribution in [3.63, 3.8) is 0 Å². The van der Waals surface area contributed by atoms with Crippen LogP contribution in [0.15, 0.2) is 24.3 Å². The average Bonchev–Trinajstić information content (AvgIpc) is 2.47. The second-order valence-electron chi connectivity index (χ2n) is 3.79. The van der Waals surface area contributed by atoms with Crippen LogP contribution >= 0.6 is 0 Å². The summed E-state index contributed by atoms with van der Waals surface area (Å²) in [6.07, 6.45) is 0. The maximum atomic E-state index is 14.4. The smallest absolute Gasteiger partial charge is 0.363 e. The highest BCUT2D eigenvalue weighted by molar-refractivity contribution is 5.90. The van der Waals surface area contributed by atoms with Crippen molar-refractivity contribution in [3.05, 3.63) is 35.4 Å². The number of rotatable bonds is 5. The summed E-state index contributed by atoms with van der Waals surface area (Å²) >= 11 is 0. The van der Waals surface area contributed by atoms with Gasteiger partial charge in [0.2, 0.25) is 0 Å². The molecule has 20 heavy (non-hydrogen) atoms. The molecule has 0 fully saturated rings. The number of hydrogen-bond donors (Lipinski definition) is 0. The molecule has 0 heterocycles. The summed E-state index contributed by atoms with van der Waals surface area (Å²) in [5.41, 5.74) is -2.87. The molecule has 6 heteroatoms. The van der Waals surface area contributed by atoms with E-state index >= 15 is 0 Å². The number of benzene rings is 1. The molecule has 0 bridgehead atoms. The first kappa shape index (κ1) is 15.6. The van der Waals surface area contributed by atoms with Gasteiger partial charge in [0.25, 0.3) is 0 Å². The Bertz CT molecular complexity index is 535. The third-order valence-corrected chi connectivity index (χ3v) is 2.50. The van der Waals surface area contributed by atoms with E-state index in [0.29, 0.717) is 0 Å². The van der Waals surface area contributed by atoms with Crippen molar-refractivity contribution >= 4 is 11.9 Å². The van der Waals surface area contributed by atoms with Crippen molar-refractivity contribution in [2.24, 2.45) is 0 Å². The SMILES string of the molecule is CCOC(=O)c1ccc([C@](F)(C#N)C(=O)OCC)cc1. The third-order valence-electron chi connectivity index (χ3n) is 2.50. The van der Waals surface area contributed by atoms with Crippen molar-refractivity contribution in [2.75, 3.05) is 13.2 Å². The first-order chi connectivity index (χ1) is 9.49. The minimum absolute atomic E-state index is 0.0346. The predicted octanol–water partition coefficient (Wildman–Crippen LogP) is 2.11. The molecular formula is C14H14FNO4. The Morgan fingerprint density at radius 1 is 1.20 bits per heavy atom. The Hall–Kier alpha value is -2.42. The van der Waals surface area contributed by atoms with Crippen molar-refractivity contribution in [2.45, 2.75) is 19.5 Å². The molecule has 0 N–H and O–H groups in total. The predicted molar refractivity (Wildman–Crippen MR) is 67.4 cm³/mol. The number of ether oxygens (including phenoxy) is 2. The number of hydrogen-bond acceptors (Lipinski definition) is 5. The van der Waals surface area contributed by atoms with Gasteiger partial charge in [0, 0.05) is 5.56 Å². The van der Waals surface area contributed by atoms with E-state index in [9.17, 15) is 14.0 Å². The molecule has 0 amide bonds. The van der Waals surface area contributed by atoms with Gasteiger partial charge < -0.3 is 9.47 Å². The zero-order valence-corrected chi connectivity index (χ0v) is 11.2. The van der Waals surface area contributed by atoms with Gasteiger partial charge in [-0.15, -0.1) is 0 Å². The standard InChI is InChI=1S/C14H14FNO4/c1-3-19-12(17)10-5-7-11(8-6-10)14(15,9-16)13(18)20-4-2/h5-8H,3-4H2,1-2H3/t14-/m1/s1. The van der Waals surface area contributed by atoms with E-state index in [-0.39, 0.29) is 24.3 Å². The molecule has 1 atom stereocenters. The Morgan fingerprint density at radius 3 is 2.20 bits per heavy atom. The zero-order chi connectivity index (χ0) is 15.2. The van der Waals surface area contributed by atoms with E-state index in [1.165, 1.54) is 37.3 Å². The Morgan fingerprint density at radius 2 is 1.75 bits per heavy atom. The van der Waals surface area contributed by atoms with E-state index < -0.39 is 17.6 Å². The number of halogens is 1. The van der Waals surface area contributed by atoms with Crippen LogP contribution in [0.25, 0.3) is 0 Å². The highest BCUT2D eigenvalue weighted by Gasteiger charge is 2.42. The molecule has 0 radical (unpaired) electrons. The molecule has 0 aliphatic carbocycles. The first-order valence-electron chi connectivity index (χ1n) is 6.04. The molecule has 0 saturated heterocycles. The van der Waals surface area contributed by atoms with Gasteiger partial charge in [-0.25, -0.2) is 14.0 Å². The fourth-order valence-corrected chi connectivity index (χ4v) is 1.51. The molecule has 0 aromatic heterocycles. The van der Waals surface area contributed by atoms with E-state index in [1.54, 1.807) is 6.92 Å². The van der Waals surface area contributed by atoms with Gasteiger partial charge in [-0.1, -0.05) is 12.1 Å². The number of esters is 2. The molecule has 1 rings (SSSR count). The fourth-order valence-electron chi connectivity index (χ4n) is 1.51. The summed E-state index contributed by atoms with van der Waals surface area (Å²) in [4.78, 5) is 22.9. The maximum absolute atomic E-state index is 14.4. The first-order valence-corrected chi connectivity index (χ1v) is 6.04. The Labute approximate surface area is 115 Å². The third kappa shape index (κ3) is 3.12. The van der Waals surface area contributed by atoms with Crippen molar-refractivity contribution in [1.82, 2.24) is 0 Å². The van der Waals surface area contributed by atoms with Crippen LogP contribution in [0.5, 0.6) is 0 Å². The van der Waals surface area contributed by atoms with Crippen molar-refractivity contribution in [1.29, 1.82) is 5.26 Å². The highest BCUT2D eigenvalue weighted by Crippen LogP contribution is 2.27. The molecule has 5 nitrogen and oxygen atoms in total. The Balaban J connectivity index is 3.05. The lowest BCUT2D eigenvalue weighted by atomic mass is 9.96. The van der Waals surface area contributed by atoms with Crippen LogP contribution in [0, 0.1) is 11.3 Å². The molecule has 0 saturated carbocycles. The van der Waals surface area contributed by atoms with Crippen molar-refractivity contribution < 1.29 is 23.5 Å². The second-order valence-corrected chi connectivity index (χ2v) is 3.79. The number of alkyl halides is 1. The van der Waals surface area contributed by atoms with Crippen LogP contribution in [-0.2, 0) is 19.9 Å². The zero-order valence-electron chi connectivity index (χ0n) is 11.2. The van der Waals surface area contributed by atoms with Crippen molar-refractivity contribution in [3.8, 4) is 6.07 Å². The molecule has 1 aromatic rings. The van der Waals surface area contributed by atoms with E-state index in [2.05, 4.69) is 4.74 Å². The molecule has 106 valence electrons. The summed E-state index contributed by atoms with van der Waals surface area (Å²) in [6, 6.07) is 6.25. The average molecular weight is 279 g/mol. The van der Waals surface area contributed by atoms with Crippen LogP contribution < -0.4 is 0 Å². The minimum Gasteiger partial charge on any atom is -0.463 e. The van der Waals surface area contributed by atoms with Gasteiger partial charge in [0.05, 0.1) is 18.8 Å². The second kappa shape index (κ2) is 6.66. The van der Waals surface area contributed by atoms with Gasteiger partial charge in [0.15, 0.2) is 0 Å². The number of carbonyl (C=O) groups excluding carboxylic acids is 2. The molecule has 0 aliphatic rings. The van der Waals surface area contributed by atoms with Crippen LogP contribution in [0.3, 0.4) is 0 Å². The topological polar surface area (TPSA) is 76.4 Å². The normalized spacial score (nSPS) is 12.9. The monoisotopic (exact) mass is 279 g/mol. The number of nitriles is 1. The quantitative estimate of drug-likeness (QED) is 0.771. The van der Waals surface area contributed by atoms with Gasteiger partial charge in [-0.2, -0.15) is 5.26 Å². The Kier molecular flexibility index (Phi) is 5.21. The lowest BCUT2D eigenvalue weighted by Crippen LogP contribution is -2.31. The van der Waals surface area contributed by atoms with Crippen LogP contribution in [0.1, 0.15) is 29.8 Å². The summed E-state index contributed by atoms with van der Waals surface area (Å²) in [7, 11) is 0. The van der Waals surface area contributed by atoms with E-state index in [4.69, 9.17) is 10.00 Å². The van der Waals surface area contributed by atoms with Gasteiger partial charge >= 0.3 is 17.6 Å². The lowest BCUT2D eigenvalue weighted by molar-refractivity contribution is -0.154. The summed E-state index contributed by atoms with van der Waals surface area (Å²) < 4.78 is 23.7. The largest absolute Gasteiger partial charge is 0.463 e. The number of carbonyl (C=O) groups is 2. The van der Waals surface area contributed by atoms with E-state index in [1.807, 2.05) is 0 Å². The highest BCUT2D eigenvalue weighted by atomic mass is 19.1. The molecule has 0 unspecified atom stereocenters. The molecule has 0 spiro atoms. The maximum Gasteiger partial charge on any atom is 0.363 e. The van der Waals surface area contributed by atoms with Gasteiger partial charge in [-0.05, 0) is 26.0 Å². The van der Waals surface area contributed by atoms with Gasteiger partial charge in [0.1, 0.15) is 6.07 Å². The minimum atomic E-state index is -2.89. The van der Waals surface area contributed by atoms with Crippen LogP contribution in [-0.4, -0.2) is 25.2 Å². The molecule has 1 aromatic carbocycles. The van der Waals surface area contributed by atoms with E-state index in [0.717, 1.165) is 0 Å². The van der Waals surface area contributed by atoms with Crippen LogP contribution in [0.2, 0.25) is 0 Å². The van der Waals surface area contributed by atoms with Crippen LogP contribution in [0.4, 0.5) is 4.39 Å². The van der Waals surface area contributed by atoms with Gasteiger partial charge in [-0.3, -0.25) is 0 Å². The summed E-state index contributed by atoms with van der Waals surface area (Å²) in [6.45, 7) is 3.36. The summed E-state index contributed by atoms with van der Waals surface area (Å²) in [5, 5.41) is 8.88. The lowest BCUT2D eigenvalue weighted by Gasteiger charge is -2.16. The molecular weight excluding hydrogens is 265 g/mol. The summed E-state index contributed by atoms with van der Waals surface area (Å²) in [5.74, 6) is -1.83. The number of nitrogens with zero attached hydrogens (tertiary/aromatic N) is 1. The fraction of sp³-hybridized carbons (Fsp3) is 0.357.